The normalized spacial score (nSPS) is 12.1. The quantitative estimate of drug-likeness (QED) is 0.577. The van der Waals surface area contributed by atoms with Crippen LogP contribution in [0, 0.1) is 0 Å². The first kappa shape index (κ1) is 11.7. The first-order chi connectivity index (χ1) is 7.25. The number of methoxy groups -OCH3 is 1. The molecule has 0 aliphatic carbocycles. The van der Waals surface area contributed by atoms with Crippen molar-refractivity contribution in [2.75, 3.05) is 20.3 Å². The zero-order chi connectivity index (χ0) is 11.1. The molecule has 1 rings (SSSR count). The third-order valence-electron chi connectivity index (χ3n) is 1.94. The monoisotopic (exact) mass is 209 g/mol. The molecule has 0 radical (unpaired) electrons. The highest BCUT2D eigenvalue weighted by Gasteiger charge is 2.16. The molecule has 1 aromatic rings. The molecule has 0 unspecified atom stereocenters. The van der Waals surface area contributed by atoms with E-state index >= 15 is 0 Å². The molecule has 0 saturated heterocycles. The number of nitrogens with two attached hydrogens (primary N) is 1. The molecule has 0 fully saturated rings. The van der Waals surface area contributed by atoms with Gasteiger partial charge in [0.1, 0.15) is 12.6 Å². The molecular formula is C11H15NO3. The Morgan fingerprint density at radius 2 is 2.00 bits per heavy atom. The average Bonchev–Trinajstić information content (AvgIpc) is 2.29. The van der Waals surface area contributed by atoms with E-state index in [4.69, 9.17) is 15.2 Å². The van der Waals surface area contributed by atoms with Gasteiger partial charge in [0.05, 0.1) is 6.61 Å². The maximum absolute atomic E-state index is 11.4. The van der Waals surface area contributed by atoms with Crippen molar-refractivity contribution in [1.29, 1.82) is 0 Å². The highest BCUT2D eigenvalue weighted by molar-refractivity contribution is 5.77. The molecule has 0 aliphatic heterocycles. The van der Waals surface area contributed by atoms with Crippen LogP contribution in [0.25, 0.3) is 0 Å². The fraction of sp³-hybridized carbons (Fsp3) is 0.364. The van der Waals surface area contributed by atoms with Crippen molar-refractivity contribution in [2.45, 2.75) is 6.04 Å². The Hall–Kier alpha value is -1.39. The first-order valence-corrected chi connectivity index (χ1v) is 4.72. The van der Waals surface area contributed by atoms with Crippen molar-refractivity contribution in [3.05, 3.63) is 35.9 Å². The van der Waals surface area contributed by atoms with E-state index in [1.807, 2.05) is 18.2 Å². The van der Waals surface area contributed by atoms with E-state index in [0.29, 0.717) is 6.61 Å². The van der Waals surface area contributed by atoms with Gasteiger partial charge in [0.25, 0.3) is 0 Å². The van der Waals surface area contributed by atoms with Crippen molar-refractivity contribution in [3.8, 4) is 0 Å². The molecular weight excluding hydrogens is 194 g/mol. The van der Waals surface area contributed by atoms with Gasteiger partial charge in [0, 0.05) is 7.11 Å². The van der Waals surface area contributed by atoms with Gasteiger partial charge in [-0.1, -0.05) is 30.3 Å². The standard InChI is InChI=1S/C11H15NO3/c1-14-7-8-15-11(13)10(12)9-5-3-2-4-6-9/h2-6,10H,7-8,12H2,1H3/t10-/m1/s1. The number of esters is 1. The minimum absolute atomic E-state index is 0.232. The van der Waals surface area contributed by atoms with Gasteiger partial charge in [0.2, 0.25) is 0 Å². The van der Waals surface area contributed by atoms with E-state index in [1.165, 1.54) is 0 Å². The van der Waals surface area contributed by atoms with Gasteiger partial charge in [-0.3, -0.25) is 0 Å². The minimum Gasteiger partial charge on any atom is -0.462 e. The Labute approximate surface area is 89.0 Å². The third kappa shape index (κ3) is 3.69. The fourth-order valence-corrected chi connectivity index (χ4v) is 1.11. The Balaban J connectivity index is 2.46. The summed E-state index contributed by atoms with van der Waals surface area (Å²) in [7, 11) is 1.55. The van der Waals surface area contributed by atoms with Crippen LogP contribution in [0.4, 0.5) is 0 Å². The number of rotatable bonds is 5. The van der Waals surface area contributed by atoms with Gasteiger partial charge in [-0.05, 0) is 5.56 Å². The second kappa shape index (κ2) is 6.16. The molecule has 82 valence electrons. The summed E-state index contributed by atoms with van der Waals surface area (Å²) in [5.74, 6) is -0.432. The van der Waals surface area contributed by atoms with E-state index in [-0.39, 0.29) is 6.61 Å². The summed E-state index contributed by atoms with van der Waals surface area (Å²) < 4.78 is 9.67. The summed E-state index contributed by atoms with van der Waals surface area (Å²) in [5, 5.41) is 0. The smallest absolute Gasteiger partial charge is 0.327 e. The lowest BCUT2D eigenvalue weighted by Gasteiger charge is -2.11. The Morgan fingerprint density at radius 1 is 1.33 bits per heavy atom. The summed E-state index contributed by atoms with van der Waals surface area (Å²) >= 11 is 0. The van der Waals surface area contributed by atoms with Crippen LogP contribution >= 0.6 is 0 Å². The molecule has 2 N–H and O–H groups in total. The summed E-state index contributed by atoms with van der Waals surface area (Å²) in [4.78, 5) is 11.4. The molecule has 0 aromatic heterocycles. The predicted molar refractivity (Wildman–Crippen MR) is 56.2 cm³/mol. The van der Waals surface area contributed by atoms with Gasteiger partial charge >= 0.3 is 5.97 Å². The molecule has 1 aromatic carbocycles. The van der Waals surface area contributed by atoms with Crippen molar-refractivity contribution >= 4 is 5.97 Å². The van der Waals surface area contributed by atoms with E-state index in [1.54, 1.807) is 19.2 Å². The zero-order valence-corrected chi connectivity index (χ0v) is 8.68. The van der Waals surface area contributed by atoms with Crippen molar-refractivity contribution in [1.82, 2.24) is 0 Å². The van der Waals surface area contributed by atoms with Gasteiger partial charge < -0.3 is 15.2 Å². The fourth-order valence-electron chi connectivity index (χ4n) is 1.11. The van der Waals surface area contributed by atoms with Crippen molar-refractivity contribution < 1.29 is 14.3 Å². The maximum Gasteiger partial charge on any atom is 0.327 e. The largest absolute Gasteiger partial charge is 0.462 e. The predicted octanol–water partition coefficient (Wildman–Crippen LogP) is 0.876. The molecule has 4 nitrogen and oxygen atoms in total. The molecule has 1 atom stereocenters. The van der Waals surface area contributed by atoms with E-state index in [2.05, 4.69) is 0 Å². The van der Waals surface area contributed by atoms with Crippen molar-refractivity contribution in [3.63, 3.8) is 0 Å². The number of hydrogen-bond acceptors (Lipinski definition) is 4. The summed E-state index contributed by atoms with van der Waals surface area (Å²) in [6, 6.07) is 8.40. The lowest BCUT2D eigenvalue weighted by Crippen LogP contribution is -2.24. The van der Waals surface area contributed by atoms with E-state index in [9.17, 15) is 4.79 Å². The zero-order valence-electron chi connectivity index (χ0n) is 8.68. The molecule has 0 saturated carbocycles. The highest BCUT2D eigenvalue weighted by Crippen LogP contribution is 2.10. The molecule has 15 heavy (non-hydrogen) atoms. The Kier molecular flexibility index (Phi) is 4.80. The number of benzene rings is 1. The Bertz CT molecular complexity index is 300. The third-order valence-corrected chi connectivity index (χ3v) is 1.94. The summed E-state index contributed by atoms with van der Waals surface area (Å²) in [6.07, 6.45) is 0. The maximum atomic E-state index is 11.4. The molecule has 0 amide bonds. The van der Waals surface area contributed by atoms with Crippen LogP contribution in [0.1, 0.15) is 11.6 Å². The lowest BCUT2D eigenvalue weighted by molar-refractivity contribution is -0.146. The van der Waals surface area contributed by atoms with Gasteiger partial charge in [-0.25, -0.2) is 4.79 Å². The first-order valence-electron chi connectivity index (χ1n) is 4.72. The Morgan fingerprint density at radius 3 is 2.60 bits per heavy atom. The number of ether oxygens (including phenoxy) is 2. The van der Waals surface area contributed by atoms with Crippen LogP contribution in [0.3, 0.4) is 0 Å². The number of carbonyl (C=O) groups excluding carboxylic acids is 1. The molecule has 0 spiro atoms. The van der Waals surface area contributed by atoms with Crippen LogP contribution in [0.2, 0.25) is 0 Å². The molecule has 0 bridgehead atoms. The van der Waals surface area contributed by atoms with Crippen LogP contribution in [-0.2, 0) is 14.3 Å². The molecule has 0 aliphatic rings. The summed E-state index contributed by atoms with van der Waals surface area (Å²) in [5.41, 5.74) is 6.46. The lowest BCUT2D eigenvalue weighted by atomic mass is 10.1. The van der Waals surface area contributed by atoms with Gasteiger partial charge in [0.15, 0.2) is 0 Å². The van der Waals surface area contributed by atoms with Gasteiger partial charge in [-0.15, -0.1) is 0 Å². The second-order valence-corrected chi connectivity index (χ2v) is 3.05. The number of hydrogen-bond donors (Lipinski definition) is 1. The average molecular weight is 209 g/mol. The topological polar surface area (TPSA) is 61.5 Å². The minimum atomic E-state index is -0.719. The van der Waals surface area contributed by atoms with E-state index < -0.39 is 12.0 Å². The van der Waals surface area contributed by atoms with Gasteiger partial charge in [-0.2, -0.15) is 0 Å². The molecule has 4 heteroatoms. The highest BCUT2D eigenvalue weighted by atomic mass is 16.6. The van der Waals surface area contributed by atoms with Crippen molar-refractivity contribution in [2.24, 2.45) is 5.73 Å². The summed E-state index contributed by atoms with van der Waals surface area (Å²) in [6.45, 7) is 0.614. The van der Waals surface area contributed by atoms with Crippen LogP contribution in [-0.4, -0.2) is 26.3 Å². The van der Waals surface area contributed by atoms with Crippen LogP contribution in [0.15, 0.2) is 30.3 Å². The van der Waals surface area contributed by atoms with Crippen LogP contribution < -0.4 is 5.73 Å². The SMILES string of the molecule is COCCOC(=O)[C@H](N)c1ccccc1. The van der Waals surface area contributed by atoms with E-state index in [0.717, 1.165) is 5.56 Å². The number of carbonyl (C=O) groups is 1. The van der Waals surface area contributed by atoms with Crippen LogP contribution in [0.5, 0.6) is 0 Å². The molecule has 0 heterocycles. The second-order valence-electron chi connectivity index (χ2n) is 3.05.